The van der Waals surface area contributed by atoms with Gasteiger partial charge in [-0.2, -0.15) is 0 Å². The van der Waals surface area contributed by atoms with E-state index in [4.69, 9.17) is 9.84 Å². The summed E-state index contributed by atoms with van der Waals surface area (Å²) in [6, 6.07) is 0. The zero-order valence-electron chi connectivity index (χ0n) is 12.8. The number of carbonyl (C=O) groups is 1. The third-order valence-electron chi connectivity index (χ3n) is 3.22. The van der Waals surface area contributed by atoms with Crippen molar-refractivity contribution in [3.8, 4) is 0 Å². The average molecular weight is 272 g/mol. The largest absolute Gasteiger partial charge is 0.463 e. The van der Waals surface area contributed by atoms with E-state index in [1.54, 1.807) is 6.92 Å². The maximum atomic E-state index is 11.2. The van der Waals surface area contributed by atoms with Crippen LogP contribution in [0, 0.1) is 0 Å². The number of hydrogen-bond donors (Lipinski definition) is 1. The second-order valence-electron chi connectivity index (χ2n) is 5.46. The maximum absolute atomic E-state index is 11.2. The summed E-state index contributed by atoms with van der Waals surface area (Å²) in [4.78, 5) is 11.2. The van der Waals surface area contributed by atoms with E-state index >= 15 is 0 Å². The van der Waals surface area contributed by atoms with Crippen LogP contribution in [0.15, 0.2) is 0 Å². The molecule has 0 aromatic heterocycles. The van der Waals surface area contributed by atoms with Crippen molar-refractivity contribution in [1.82, 2.24) is 0 Å². The predicted molar refractivity (Wildman–Crippen MR) is 79.1 cm³/mol. The van der Waals surface area contributed by atoms with E-state index in [0.29, 0.717) is 6.42 Å². The molecule has 0 aliphatic rings. The van der Waals surface area contributed by atoms with Gasteiger partial charge >= 0.3 is 5.97 Å². The molecule has 1 N–H and O–H groups in total. The van der Waals surface area contributed by atoms with E-state index in [1.165, 1.54) is 51.4 Å². The number of unbranched alkanes of at least 4 members (excludes halogenated alkanes) is 9. The van der Waals surface area contributed by atoms with Crippen molar-refractivity contribution in [2.75, 3.05) is 6.61 Å². The molecule has 0 bridgehead atoms. The fourth-order valence-electron chi connectivity index (χ4n) is 2.04. The summed E-state index contributed by atoms with van der Waals surface area (Å²) in [7, 11) is 0. The summed E-state index contributed by atoms with van der Waals surface area (Å²) in [6.07, 6.45) is 12.6. The van der Waals surface area contributed by atoms with Crippen LogP contribution in [-0.4, -0.2) is 23.8 Å². The molecule has 0 fully saturated rings. The number of aliphatic hydroxyl groups is 1. The van der Waals surface area contributed by atoms with Crippen molar-refractivity contribution in [2.24, 2.45) is 0 Å². The molecule has 0 saturated heterocycles. The van der Waals surface area contributed by atoms with Gasteiger partial charge in [-0.15, -0.1) is 0 Å². The number of carbonyl (C=O) groups excluding carboxylic acids is 1. The van der Waals surface area contributed by atoms with Gasteiger partial charge < -0.3 is 9.84 Å². The molecular weight excluding hydrogens is 240 g/mol. The lowest BCUT2D eigenvalue weighted by molar-refractivity contribution is -0.146. The van der Waals surface area contributed by atoms with E-state index in [-0.39, 0.29) is 12.6 Å². The Bertz CT molecular complexity index is 202. The topological polar surface area (TPSA) is 46.5 Å². The third kappa shape index (κ3) is 15.4. The van der Waals surface area contributed by atoms with Gasteiger partial charge in [-0.3, -0.25) is 4.79 Å². The molecule has 0 saturated carbocycles. The van der Waals surface area contributed by atoms with Crippen LogP contribution in [0.2, 0.25) is 0 Å². The zero-order chi connectivity index (χ0) is 14.3. The Kier molecular flexibility index (Phi) is 13.4. The highest BCUT2D eigenvalue weighted by atomic mass is 16.5. The fourth-order valence-corrected chi connectivity index (χ4v) is 2.04. The summed E-state index contributed by atoms with van der Waals surface area (Å²) in [5.74, 6) is -0.180. The highest BCUT2D eigenvalue weighted by molar-refractivity contribution is 5.69. The number of ether oxygens (including phenoxy) is 1. The Hall–Kier alpha value is -0.570. The van der Waals surface area contributed by atoms with Crippen LogP contribution in [0.1, 0.15) is 84.5 Å². The van der Waals surface area contributed by atoms with Gasteiger partial charge in [0.05, 0.1) is 6.10 Å². The van der Waals surface area contributed by atoms with Crippen LogP contribution >= 0.6 is 0 Å². The van der Waals surface area contributed by atoms with Gasteiger partial charge in [-0.1, -0.05) is 64.7 Å². The normalized spacial score (nSPS) is 12.4. The van der Waals surface area contributed by atoms with E-state index in [1.807, 2.05) is 0 Å². The maximum Gasteiger partial charge on any atom is 0.305 e. The molecule has 1 atom stereocenters. The monoisotopic (exact) mass is 272 g/mol. The quantitative estimate of drug-likeness (QED) is 0.403. The van der Waals surface area contributed by atoms with E-state index in [2.05, 4.69) is 6.92 Å². The van der Waals surface area contributed by atoms with Crippen LogP contribution in [-0.2, 0) is 9.53 Å². The Labute approximate surface area is 118 Å². The van der Waals surface area contributed by atoms with Crippen LogP contribution in [0.5, 0.6) is 0 Å². The van der Waals surface area contributed by atoms with Gasteiger partial charge in [0.15, 0.2) is 0 Å². The van der Waals surface area contributed by atoms with Crippen molar-refractivity contribution in [2.45, 2.75) is 90.6 Å². The lowest BCUT2D eigenvalue weighted by Gasteiger charge is -2.06. The highest BCUT2D eigenvalue weighted by Gasteiger charge is 2.04. The SMILES string of the molecule is CCCCCCCCCCCCC(=O)OCC(C)O. The number of esters is 1. The van der Waals surface area contributed by atoms with Crippen molar-refractivity contribution < 1.29 is 14.6 Å². The van der Waals surface area contributed by atoms with Crippen molar-refractivity contribution >= 4 is 5.97 Å². The van der Waals surface area contributed by atoms with Crippen LogP contribution in [0.3, 0.4) is 0 Å². The Morgan fingerprint density at radius 3 is 1.89 bits per heavy atom. The van der Waals surface area contributed by atoms with E-state index in [0.717, 1.165) is 12.8 Å². The van der Waals surface area contributed by atoms with Gasteiger partial charge in [0.1, 0.15) is 6.61 Å². The molecule has 0 radical (unpaired) electrons. The Balaban J connectivity index is 3.11. The molecule has 0 spiro atoms. The first-order valence-corrected chi connectivity index (χ1v) is 8.00. The molecule has 0 aliphatic carbocycles. The molecule has 0 aromatic carbocycles. The molecule has 0 aromatic rings. The van der Waals surface area contributed by atoms with Gasteiger partial charge in [-0.05, 0) is 13.3 Å². The molecular formula is C16H32O3. The predicted octanol–water partition coefficient (Wildman–Crippen LogP) is 4.22. The summed E-state index contributed by atoms with van der Waals surface area (Å²) >= 11 is 0. The molecule has 3 heteroatoms. The van der Waals surface area contributed by atoms with Gasteiger partial charge in [-0.25, -0.2) is 0 Å². The molecule has 0 rings (SSSR count). The number of rotatable bonds is 13. The smallest absolute Gasteiger partial charge is 0.305 e. The van der Waals surface area contributed by atoms with Gasteiger partial charge in [0.2, 0.25) is 0 Å². The second kappa shape index (κ2) is 13.9. The fraction of sp³-hybridized carbons (Fsp3) is 0.938. The lowest BCUT2D eigenvalue weighted by Crippen LogP contribution is -2.14. The minimum atomic E-state index is -0.559. The molecule has 3 nitrogen and oxygen atoms in total. The summed E-state index contributed by atoms with van der Waals surface area (Å²) < 4.78 is 4.90. The molecule has 0 heterocycles. The second-order valence-corrected chi connectivity index (χ2v) is 5.46. The van der Waals surface area contributed by atoms with Gasteiger partial charge in [0, 0.05) is 6.42 Å². The first kappa shape index (κ1) is 18.4. The first-order chi connectivity index (χ1) is 9.16. The molecule has 1 unspecified atom stereocenters. The number of hydrogen-bond acceptors (Lipinski definition) is 3. The summed E-state index contributed by atoms with van der Waals surface area (Å²) in [5.41, 5.74) is 0. The van der Waals surface area contributed by atoms with Crippen molar-refractivity contribution in [3.05, 3.63) is 0 Å². The summed E-state index contributed by atoms with van der Waals surface area (Å²) in [5, 5.41) is 8.97. The molecule has 0 aliphatic heterocycles. The van der Waals surface area contributed by atoms with Crippen LogP contribution < -0.4 is 0 Å². The van der Waals surface area contributed by atoms with E-state index in [9.17, 15) is 4.79 Å². The minimum absolute atomic E-state index is 0.122. The first-order valence-electron chi connectivity index (χ1n) is 8.00. The highest BCUT2D eigenvalue weighted by Crippen LogP contribution is 2.11. The summed E-state index contributed by atoms with van der Waals surface area (Å²) in [6.45, 7) is 3.98. The number of aliphatic hydroxyl groups excluding tert-OH is 1. The standard InChI is InChI=1S/C16H32O3/c1-3-4-5-6-7-8-9-10-11-12-13-16(18)19-14-15(2)17/h15,17H,3-14H2,1-2H3. The Morgan fingerprint density at radius 1 is 0.947 bits per heavy atom. The van der Waals surface area contributed by atoms with E-state index < -0.39 is 6.10 Å². The minimum Gasteiger partial charge on any atom is -0.463 e. The third-order valence-corrected chi connectivity index (χ3v) is 3.22. The van der Waals surface area contributed by atoms with Crippen molar-refractivity contribution in [3.63, 3.8) is 0 Å². The molecule has 19 heavy (non-hydrogen) atoms. The molecule has 0 amide bonds. The van der Waals surface area contributed by atoms with Crippen molar-refractivity contribution in [1.29, 1.82) is 0 Å². The van der Waals surface area contributed by atoms with Crippen LogP contribution in [0.25, 0.3) is 0 Å². The molecule has 114 valence electrons. The van der Waals surface area contributed by atoms with Gasteiger partial charge in [0.25, 0.3) is 0 Å². The van der Waals surface area contributed by atoms with Crippen LogP contribution in [0.4, 0.5) is 0 Å². The lowest BCUT2D eigenvalue weighted by atomic mass is 10.1. The zero-order valence-corrected chi connectivity index (χ0v) is 12.8. The average Bonchev–Trinajstić information content (AvgIpc) is 2.38. The Morgan fingerprint density at radius 2 is 1.42 bits per heavy atom.